The van der Waals surface area contributed by atoms with E-state index in [1.165, 1.54) is 71.4 Å². The number of aliphatic imine (C=N–C) groups is 1. The molecule has 1 aliphatic heterocycles. The van der Waals surface area contributed by atoms with Crippen molar-refractivity contribution in [2.24, 2.45) is 16.3 Å². The molecule has 0 aromatic heterocycles. The summed E-state index contributed by atoms with van der Waals surface area (Å²) in [6, 6.07) is 0. The van der Waals surface area contributed by atoms with Gasteiger partial charge < -0.3 is 20.4 Å². The van der Waals surface area contributed by atoms with Crippen molar-refractivity contribution >= 4 is 5.96 Å². The van der Waals surface area contributed by atoms with Crippen LogP contribution in [-0.2, 0) is 0 Å². The Kier molecular flexibility index (Phi) is 8.50. The third kappa shape index (κ3) is 6.45. The van der Waals surface area contributed by atoms with Gasteiger partial charge in [-0.25, -0.2) is 0 Å². The summed E-state index contributed by atoms with van der Waals surface area (Å²) in [5.74, 6) is 1.61. The molecular weight excluding hydrogens is 310 g/mol. The van der Waals surface area contributed by atoms with E-state index in [9.17, 15) is 0 Å². The zero-order valence-corrected chi connectivity index (χ0v) is 17.1. The zero-order chi connectivity index (χ0) is 18.1. The number of hydrogen-bond donors (Lipinski definition) is 2. The van der Waals surface area contributed by atoms with E-state index in [2.05, 4.69) is 46.2 Å². The largest absolute Gasteiger partial charge is 0.356 e. The Balaban J connectivity index is 1.66. The molecule has 2 aliphatic rings. The smallest absolute Gasteiger partial charge is 0.191 e. The number of hydrogen-bond acceptors (Lipinski definition) is 3. The summed E-state index contributed by atoms with van der Waals surface area (Å²) in [6.45, 7) is 16.2. The van der Waals surface area contributed by atoms with Crippen LogP contribution < -0.4 is 10.6 Å². The molecule has 2 rings (SSSR count). The second-order valence-corrected chi connectivity index (χ2v) is 8.21. The van der Waals surface area contributed by atoms with Crippen LogP contribution >= 0.6 is 0 Å². The van der Waals surface area contributed by atoms with E-state index in [0.717, 1.165) is 19.0 Å². The van der Waals surface area contributed by atoms with Gasteiger partial charge in [0, 0.05) is 52.9 Å². The van der Waals surface area contributed by atoms with E-state index in [0.29, 0.717) is 11.3 Å². The van der Waals surface area contributed by atoms with Crippen LogP contribution in [0.1, 0.15) is 52.9 Å². The third-order valence-electron chi connectivity index (χ3n) is 6.37. The summed E-state index contributed by atoms with van der Waals surface area (Å²) in [6.07, 6.45) is 6.80. The molecule has 0 radical (unpaired) electrons. The summed E-state index contributed by atoms with van der Waals surface area (Å²) in [4.78, 5) is 9.58. The minimum absolute atomic E-state index is 0.502. The molecule has 2 fully saturated rings. The van der Waals surface area contributed by atoms with Crippen molar-refractivity contribution in [3.8, 4) is 0 Å². The third-order valence-corrected chi connectivity index (χ3v) is 6.37. The molecule has 146 valence electrons. The topological polar surface area (TPSA) is 42.9 Å². The molecule has 1 saturated heterocycles. The zero-order valence-electron chi connectivity index (χ0n) is 17.1. The van der Waals surface area contributed by atoms with E-state index in [-0.39, 0.29) is 0 Å². The summed E-state index contributed by atoms with van der Waals surface area (Å²) < 4.78 is 0. The highest BCUT2D eigenvalue weighted by molar-refractivity contribution is 5.79. The van der Waals surface area contributed by atoms with Gasteiger partial charge in [-0.2, -0.15) is 0 Å². The van der Waals surface area contributed by atoms with Crippen molar-refractivity contribution in [3.63, 3.8) is 0 Å². The Morgan fingerprint density at radius 1 is 1.04 bits per heavy atom. The standard InChI is InChI=1S/C20H41N5/c1-5-20(9-7-8-10-20)17-23-19(21-4)22-15-18(3)16-25-13-11-24(6-2)12-14-25/h18H,5-17H2,1-4H3,(H2,21,22,23). The van der Waals surface area contributed by atoms with Gasteiger partial charge in [-0.05, 0) is 37.1 Å². The normalized spacial score (nSPS) is 23.6. The van der Waals surface area contributed by atoms with Crippen LogP contribution in [-0.4, -0.2) is 75.2 Å². The maximum Gasteiger partial charge on any atom is 0.191 e. The van der Waals surface area contributed by atoms with Gasteiger partial charge in [0.25, 0.3) is 0 Å². The molecule has 25 heavy (non-hydrogen) atoms. The highest BCUT2D eigenvalue weighted by Gasteiger charge is 2.31. The average molecular weight is 352 g/mol. The summed E-state index contributed by atoms with van der Waals surface area (Å²) in [5.41, 5.74) is 0.502. The lowest BCUT2D eigenvalue weighted by atomic mass is 9.83. The van der Waals surface area contributed by atoms with Crippen molar-refractivity contribution in [1.29, 1.82) is 0 Å². The first kappa shape index (κ1) is 20.5. The van der Waals surface area contributed by atoms with E-state index >= 15 is 0 Å². The van der Waals surface area contributed by atoms with Crippen LogP contribution in [0.2, 0.25) is 0 Å². The minimum atomic E-state index is 0.502. The average Bonchev–Trinajstić information content (AvgIpc) is 3.12. The van der Waals surface area contributed by atoms with E-state index in [1.54, 1.807) is 0 Å². The number of rotatable bonds is 8. The Morgan fingerprint density at radius 3 is 2.24 bits per heavy atom. The van der Waals surface area contributed by atoms with Crippen molar-refractivity contribution in [2.45, 2.75) is 52.9 Å². The molecular formula is C20H41N5. The highest BCUT2D eigenvalue weighted by atomic mass is 15.3. The first-order valence-corrected chi connectivity index (χ1v) is 10.5. The lowest BCUT2D eigenvalue weighted by molar-refractivity contribution is 0.124. The number of nitrogens with one attached hydrogen (secondary N) is 2. The van der Waals surface area contributed by atoms with Crippen LogP contribution in [0.15, 0.2) is 4.99 Å². The predicted octanol–water partition coefficient (Wildman–Crippen LogP) is 2.40. The van der Waals surface area contributed by atoms with Crippen LogP contribution in [0, 0.1) is 11.3 Å². The molecule has 0 aromatic carbocycles. The Labute approximate surface area is 155 Å². The Hall–Kier alpha value is -0.810. The number of piperazine rings is 1. The summed E-state index contributed by atoms with van der Waals surface area (Å²) in [5, 5.41) is 7.14. The monoisotopic (exact) mass is 351 g/mol. The molecule has 2 N–H and O–H groups in total. The minimum Gasteiger partial charge on any atom is -0.356 e. The summed E-state index contributed by atoms with van der Waals surface area (Å²) in [7, 11) is 1.89. The van der Waals surface area contributed by atoms with E-state index < -0.39 is 0 Å². The fraction of sp³-hybridized carbons (Fsp3) is 0.950. The lowest BCUT2D eigenvalue weighted by Gasteiger charge is -2.35. The fourth-order valence-corrected chi connectivity index (χ4v) is 4.34. The van der Waals surface area contributed by atoms with Gasteiger partial charge in [0.1, 0.15) is 0 Å². The van der Waals surface area contributed by atoms with Crippen LogP contribution in [0.3, 0.4) is 0 Å². The summed E-state index contributed by atoms with van der Waals surface area (Å²) >= 11 is 0. The highest BCUT2D eigenvalue weighted by Crippen LogP contribution is 2.40. The van der Waals surface area contributed by atoms with Crippen LogP contribution in [0.5, 0.6) is 0 Å². The number of nitrogens with zero attached hydrogens (tertiary/aromatic N) is 3. The molecule has 1 heterocycles. The molecule has 5 heteroatoms. The van der Waals surface area contributed by atoms with E-state index in [4.69, 9.17) is 0 Å². The van der Waals surface area contributed by atoms with Crippen molar-refractivity contribution in [3.05, 3.63) is 0 Å². The molecule has 0 spiro atoms. The molecule has 5 nitrogen and oxygen atoms in total. The molecule has 1 unspecified atom stereocenters. The van der Waals surface area contributed by atoms with Crippen molar-refractivity contribution in [1.82, 2.24) is 20.4 Å². The van der Waals surface area contributed by atoms with Gasteiger partial charge in [-0.15, -0.1) is 0 Å². The maximum absolute atomic E-state index is 4.43. The SMILES string of the molecule is CCN1CCN(CC(C)CNC(=NC)NCC2(CC)CCCC2)CC1. The Bertz CT molecular complexity index is 395. The van der Waals surface area contributed by atoms with Gasteiger partial charge >= 0.3 is 0 Å². The number of guanidine groups is 1. The van der Waals surface area contributed by atoms with Gasteiger partial charge in [-0.3, -0.25) is 4.99 Å². The molecule has 0 amide bonds. The molecule has 0 bridgehead atoms. The maximum atomic E-state index is 4.43. The molecule has 0 aromatic rings. The van der Waals surface area contributed by atoms with Gasteiger partial charge in [0.2, 0.25) is 0 Å². The predicted molar refractivity (Wildman–Crippen MR) is 108 cm³/mol. The second kappa shape index (κ2) is 10.4. The van der Waals surface area contributed by atoms with E-state index in [1.807, 2.05) is 7.05 Å². The quantitative estimate of drug-likeness (QED) is 0.521. The van der Waals surface area contributed by atoms with Gasteiger partial charge in [-0.1, -0.05) is 33.6 Å². The molecule has 1 saturated carbocycles. The van der Waals surface area contributed by atoms with Gasteiger partial charge in [0.05, 0.1) is 0 Å². The molecule has 1 aliphatic carbocycles. The van der Waals surface area contributed by atoms with Crippen molar-refractivity contribution in [2.75, 3.05) is 59.4 Å². The molecule has 1 atom stereocenters. The Morgan fingerprint density at radius 2 is 1.68 bits per heavy atom. The first-order chi connectivity index (χ1) is 12.1. The second-order valence-electron chi connectivity index (χ2n) is 8.21. The van der Waals surface area contributed by atoms with Crippen LogP contribution in [0.4, 0.5) is 0 Å². The number of likely N-dealkylation sites (N-methyl/N-ethyl adjacent to an activating group) is 1. The fourth-order valence-electron chi connectivity index (χ4n) is 4.34. The first-order valence-electron chi connectivity index (χ1n) is 10.5. The van der Waals surface area contributed by atoms with Crippen LogP contribution in [0.25, 0.3) is 0 Å². The van der Waals surface area contributed by atoms with Crippen molar-refractivity contribution < 1.29 is 0 Å². The lowest BCUT2D eigenvalue weighted by Crippen LogP contribution is -2.49. The van der Waals surface area contributed by atoms with Gasteiger partial charge in [0.15, 0.2) is 5.96 Å².